The second-order valence-corrected chi connectivity index (χ2v) is 8.73. The lowest BCUT2D eigenvalue weighted by molar-refractivity contribution is 0.232. The molecule has 2 heterocycles. The number of hydrogen-bond donors (Lipinski definition) is 0. The Morgan fingerprint density at radius 1 is 0.839 bits per heavy atom. The normalized spacial score (nSPS) is 14.1. The molecule has 162 valence electrons. The molecule has 31 heavy (non-hydrogen) atoms. The first kappa shape index (κ1) is 21.9. The van der Waals surface area contributed by atoms with Crippen molar-refractivity contribution in [1.82, 2.24) is 14.9 Å². The summed E-state index contributed by atoms with van der Waals surface area (Å²) in [5, 5.41) is 1.36. The van der Waals surface area contributed by atoms with E-state index < -0.39 is 0 Å². The van der Waals surface area contributed by atoms with Gasteiger partial charge in [0.25, 0.3) is 5.88 Å². The second kappa shape index (κ2) is 9.86. The molecule has 0 aliphatic carbocycles. The molecule has 0 spiro atoms. The highest BCUT2D eigenvalue weighted by atomic mass is 35.5. The highest BCUT2D eigenvalue weighted by Gasteiger charge is 2.20. The minimum absolute atomic E-state index is 0.534. The summed E-state index contributed by atoms with van der Waals surface area (Å²) >= 11 is 12.2. The van der Waals surface area contributed by atoms with Gasteiger partial charge in [0.1, 0.15) is 12.3 Å². The van der Waals surface area contributed by atoms with E-state index >= 15 is 0 Å². The molecule has 0 unspecified atom stereocenters. The number of aromatic nitrogens is 2. The predicted octanol–water partition coefficient (Wildman–Crippen LogP) is 5.66. The standard InChI is InChI=1S/C24H26Cl2N4O/c1-29(2)23-24(31-16-15-30-13-3-4-14-30)28-22(18-7-11-20(26)12-8-18)21(27-23)17-5-9-19(25)10-6-17/h5-12H,3-4,13-16H2,1-2H3. The Balaban J connectivity index is 1.74. The highest BCUT2D eigenvalue weighted by Crippen LogP contribution is 2.36. The fraction of sp³-hybridized carbons (Fsp3) is 0.333. The molecular weight excluding hydrogens is 431 g/mol. The third-order valence-corrected chi connectivity index (χ3v) is 5.85. The highest BCUT2D eigenvalue weighted by molar-refractivity contribution is 6.31. The van der Waals surface area contributed by atoms with Crippen LogP contribution in [0.3, 0.4) is 0 Å². The molecular formula is C24H26Cl2N4O. The number of nitrogens with zero attached hydrogens (tertiary/aromatic N) is 4. The molecule has 1 aliphatic rings. The molecule has 0 amide bonds. The van der Waals surface area contributed by atoms with Gasteiger partial charge in [0, 0.05) is 41.8 Å². The average molecular weight is 457 g/mol. The molecule has 7 heteroatoms. The third-order valence-electron chi connectivity index (χ3n) is 5.35. The predicted molar refractivity (Wildman–Crippen MR) is 128 cm³/mol. The van der Waals surface area contributed by atoms with E-state index in [1.54, 1.807) is 0 Å². The number of ether oxygens (including phenoxy) is 1. The first-order valence-corrected chi connectivity index (χ1v) is 11.2. The van der Waals surface area contributed by atoms with Crippen molar-refractivity contribution in [2.24, 2.45) is 0 Å². The maximum Gasteiger partial charge on any atom is 0.258 e. The quantitative estimate of drug-likeness (QED) is 0.458. The van der Waals surface area contributed by atoms with Gasteiger partial charge < -0.3 is 9.64 Å². The summed E-state index contributed by atoms with van der Waals surface area (Å²) in [6, 6.07) is 15.3. The molecule has 0 saturated carbocycles. The van der Waals surface area contributed by atoms with Gasteiger partial charge in [0.05, 0.1) is 5.69 Å². The lowest BCUT2D eigenvalue weighted by Crippen LogP contribution is -2.26. The number of likely N-dealkylation sites (tertiary alicyclic amines) is 1. The first-order valence-electron chi connectivity index (χ1n) is 10.5. The molecule has 0 atom stereocenters. The van der Waals surface area contributed by atoms with Gasteiger partial charge >= 0.3 is 0 Å². The van der Waals surface area contributed by atoms with Crippen molar-refractivity contribution in [1.29, 1.82) is 0 Å². The zero-order valence-electron chi connectivity index (χ0n) is 17.8. The Labute approximate surface area is 193 Å². The Hall–Kier alpha value is -2.34. The van der Waals surface area contributed by atoms with Crippen LogP contribution in [0, 0.1) is 0 Å². The van der Waals surface area contributed by atoms with Crippen molar-refractivity contribution in [2.45, 2.75) is 12.8 Å². The van der Waals surface area contributed by atoms with Gasteiger partial charge in [-0.3, -0.25) is 4.90 Å². The van der Waals surface area contributed by atoms with E-state index in [2.05, 4.69) is 4.90 Å². The molecule has 3 aromatic rings. The fourth-order valence-electron chi connectivity index (χ4n) is 3.69. The molecule has 0 N–H and O–H groups in total. The zero-order valence-corrected chi connectivity index (χ0v) is 19.3. The van der Waals surface area contributed by atoms with Crippen molar-refractivity contribution in [2.75, 3.05) is 45.2 Å². The first-order chi connectivity index (χ1) is 15.0. The van der Waals surface area contributed by atoms with E-state index in [0.29, 0.717) is 28.3 Å². The number of halogens is 2. The van der Waals surface area contributed by atoms with Crippen LogP contribution in [0.2, 0.25) is 10.0 Å². The van der Waals surface area contributed by atoms with Crippen LogP contribution in [0.1, 0.15) is 12.8 Å². The monoisotopic (exact) mass is 456 g/mol. The topological polar surface area (TPSA) is 41.5 Å². The Morgan fingerprint density at radius 3 is 1.87 bits per heavy atom. The largest absolute Gasteiger partial charge is 0.474 e. The van der Waals surface area contributed by atoms with Crippen molar-refractivity contribution in [3.63, 3.8) is 0 Å². The van der Waals surface area contributed by atoms with E-state index in [1.807, 2.05) is 67.5 Å². The average Bonchev–Trinajstić information content (AvgIpc) is 3.28. The smallest absolute Gasteiger partial charge is 0.258 e. The van der Waals surface area contributed by atoms with Crippen LogP contribution in [0.4, 0.5) is 5.82 Å². The molecule has 1 aromatic heterocycles. The summed E-state index contributed by atoms with van der Waals surface area (Å²) in [4.78, 5) is 14.3. The van der Waals surface area contributed by atoms with E-state index in [4.69, 9.17) is 37.9 Å². The Morgan fingerprint density at radius 2 is 1.35 bits per heavy atom. The third kappa shape index (κ3) is 5.29. The van der Waals surface area contributed by atoms with E-state index in [-0.39, 0.29) is 0 Å². The van der Waals surface area contributed by atoms with Crippen LogP contribution < -0.4 is 9.64 Å². The van der Waals surface area contributed by atoms with E-state index in [1.165, 1.54) is 12.8 Å². The summed E-state index contributed by atoms with van der Waals surface area (Å²) in [6.07, 6.45) is 2.53. The zero-order chi connectivity index (χ0) is 21.8. The Kier molecular flexibility index (Phi) is 6.96. The van der Waals surface area contributed by atoms with Crippen LogP contribution in [-0.2, 0) is 0 Å². The van der Waals surface area contributed by atoms with Gasteiger partial charge in [0.15, 0.2) is 5.82 Å². The summed E-state index contributed by atoms with van der Waals surface area (Å²) in [7, 11) is 3.90. The van der Waals surface area contributed by atoms with Gasteiger partial charge in [0.2, 0.25) is 0 Å². The van der Waals surface area contributed by atoms with Crippen LogP contribution in [0.25, 0.3) is 22.5 Å². The van der Waals surface area contributed by atoms with E-state index in [9.17, 15) is 0 Å². The minimum atomic E-state index is 0.534. The SMILES string of the molecule is CN(C)c1nc(-c2ccc(Cl)cc2)c(-c2ccc(Cl)cc2)nc1OCCN1CCCC1. The fourth-order valence-corrected chi connectivity index (χ4v) is 3.95. The van der Waals surface area contributed by atoms with Crippen LogP contribution in [0.5, 0.6) is 5.88 Å². The number of benzene rings is 2. The molecule has 5 nitrogen and oxygen atoms in total. The number of hydrogen-bond acceptors (Lipinski definition) is 5. The van der Waals surface area contributed by atoms with Crippen molar-refractivity contribution in [3.05, 3.63) is 58.6 Å². The molecule has 4 rings (SSSR count). The van der Waals surface area contributed by atoms with Gasteiger partial charge in [-0.25, -0.2) is 9.97 Å². The lowest BCUT2D eigenvalue weighted by Gasteiger charge is -2.21. The molecule has 1 fully saturated rings. The van der Waals surface area contributed by atoms with Crippen molar-refractivity contribution in [3.8, 4) is 28.4 Å². The summed E-state index contributed by atoms with van der Waals surface area (Å²) in [6.45, 7) is 3.75. The minimum Gasteiger partial charge on any atom is -0.474 e. The maximum absolute atomic E-state index is 6.15. The molecule has 1 aliphatic heterocycles. The summed E-state index contributed by atoms with van der Waals surface area (Å²) < 4.78 is 6.15. The van der Waals surface area contributed by atoms with Crippen LogP contribution >= 0.6 is 23.2 Å². The van der Waals surface area contributed by atoms with Crippen LogP contribution in [-0.4, -0.2) is 55.2 Å². The maximum atomic E-state index is 6.15. The summed E-state index contributed by atoms with van der Waals surface area (Å²) in [5.41, 5.74) is 3.39. The number of anilines is 1. The van der Waals surface area contributed by atoms with Crippen LogP contribution in [0.15, 0.2) is 48.5 Å². The van der Waals surface area contributed by atoms with Crippen molar-refractivity contribution < 1.29 is 4.74 Å². The molecule has 2 aromatic carbocycles. The second-order valence-electron chi connectivity index (χ2n) is 7.86. The molecule has 1 saturated heterocycles. The van der Waals surface area contributed by atoms with Gasteiger partial charge in [-0.15, -0.1) is 0 Å². The molecule has 0 bridgehead atoms. The van der Waals surface area contributed by atoms with E-state index in [0.717, 1.165) is 42.1 Å². The summed E-state index contributed by atoms with van der Waals surface area (Å²) in [5.74, 6) is 1.23. The molecule has 0 radical (unpaired) electrons. The van der Waals surface area contributed by atoms with Gasteiger partial charge in [-0.1, -0.05) is 47.5 Å². The van der Waals surface area contributed by atoms with Gasteiger partial charge in [-0.05, 0) is 50.2 Å². The lowest BCUT2D eigenvalue weighted by atomic mass is 10.0. The number of rotatable bonds is 7. The Bertz CT molecular complexity index is 1020. The van der Waals surface area contributed by atoms with Crippen molar-refractivity contribution >= 4 is 29.0 Å². The van der Waals surface area contributed by atoms with Gasteiger partial charge in [-0.2, -0.15) is 0 Å².